The van der Waals surface area contributed by atoms with Crippen LogP contribution in [0.3, 0.4) is 0 Å². The van der Waals surface area contributed by atoms with Crippen LogP contribution in [-0.4, -0.2) is 22.4 Å². The van der Waals surface area contributed by atoms with Crippen molar-refractivity contribution in [1.82, 2.24) is 10.3 Å². The Bertz CT molecular complexity index is 1170. The van der Waals surface area contributed by atoms with Crippen molar-refractivity contribution in [1.29, 1.82) is 0 Å². The zero-order chi connectivity index (χ0) is 20.9. The van der Waals surface area contributed by atoms with Crippen LogP contribution < -0.4 is 10.6 Å². The smallest absolute Gasteiger partial charge is 0.292 e. The van der Waals surface area contributed by atoms with Gasteiger partial charge in [0.25, 0.3) is 5.69 Å². The minimum absolute atomic E-state index is 0.0177. The number of nitrogens with one attached hydrogen (secondary N) is 2. The summed E-state index contributed by atoms with van der Waals surface area (Å²) in [6.07, 6.45) is 0.178. The van der Waals surface area contributed by atoms with E-state index < -0.39 is 4.92 Å². The first-order chi connectivity index (χ1) is 14.6. The second-order valence-electron chi connectivity index (χ2n) is 6.48. The predicted molar refractivity (Wildman–Crippen MR) is 115 cm³/mol. The number of nitrogens with zero attached hydrogens (tertiary/aromatic N) is 2. The molecule has 0 spiro atoms. The van der Waals surface area contributed by atoms with E-state index in [1.54, 1.807) is 29.5 Å². The third-order valence-electron chi connectivity index (χ3n) is 4.39. The van der Waals surface area contributed by atoms with Crippen molar-refractivity contribution in [2.45, 2.75) is 13.0 Å². The maximum atomic E-state index is 12.1. The third-order valence-corrected chi connectivity index (χ3v) is 5.45. The lowest BCUT2D eigenvalue weighted by Gasteiger charge is -2.07. The van der Waals surface area contributed by atoms with Gasteiger partial charge >= 0.3 is 0 Å². The molecular weight excluding hydrogens is 404 g/mol. The van der Waals surface area contributed by atoms with Crippen LogP contribution in [0.2, 0.25) is 0 Å². The summed E-state index contributed by atoms with van der Waals surface area (Å²) in [6.45, 7) is 0.543. The number of nitro groups is 1. The Morgan fingerprint density at radius 1 is 1.10 bits per heavy atom. The molecule has 0 bridgehead atoms. The predicted octanol–water partition coefficient (Wildman–Crippen LogP) is 4.58. The number of aromatic nitrogens is 1. The molecule has 152 valence electrons. The molecule has 2 heterocycles. The summed E-state index contributed by atoms with van der Waals surface area (Å²) in [7, 11) is 0. The lowest BCUT2D eigenvalue weighted by atomic mass is 10.2. The number of hydrogen-bond acceptors (Lipinski definition) is 7. The van der Waals surface area contributed by atoms with Crippen LogP contribution in [0.5, 0.6) is 0 Å². The van der Waals surface area contributed by atoms with Crippen LogP contribution in [0.25, 0.3) is 21.0 Å². The lowest BCUT2D eigenvalue weighted by Crippen LogP contribution is -2.24. The fraction of sp³-hybridized carbons (Fsp3) is 0.143. The Morgan fingerprint density at radius 2 is 1.90 bits per heavy atom. The van der Waals surface area contributed by atoms with E-state index in [1.165, 1.54) is 6.07 Å². The van der Waals surface area contributed by atoms with E-state index in [0.717, 1.165) is 15.2 Å². The number of rotatable bonds is 8. The Balaban J connectivity index is 1.28. The summed E-state index contributed by atoms with van der Waals surface area (Å²) in [5.41, 5.74) is 1.30. The molecule has 0 fully saturated rings. The van der Waals surface area contributed by atoms with Crippen LogP contribution in [0.15, 0.2) is 65.1 Å². The number of nitro benzene ring substituents is 1. The molecule has 30 heavy (non-hydrogen) atoms. The highest BCUT2D eigenvalue weighted by molar-refractivity contribution is 7.21. The van der Waals surface area contributed by atoms with Gasteiger partial charge in [-0.25, -0.2) is 4.98 Å². The van der Waals surface area contributed by atoms with Crippen LogP contribution >= 0.6 is 11.3 Å². The molecule has 0 unspecified atom stereocenters. The van der Waals surface area contributed by atoms with Gasteiger partial charge in [-0.05, 0) is 30.3 Å². The highest BCUT2D eigenvalue weighted by Crippen LogP contribution is 2.31. The van der Waals surface area contributed by atoms with Crippen LogP contribution in [-0.2, 0) is 11.3 Å². The Hall–Kier alpha value is -3.72. The quantitative estimate of drug-likeness (QED) is 0.318. The van der Waals surface area contributed by atoms with Crippen molar-refractivity contribution in [3.63, 3.8) is 0 Å². The standard InChI is InChI=1S/C21H18N4O4S/c26-20(11-12-22-15-5-1-3-7-17(15)25(27)28)23-13-14-9-10-18(29-14)21-24-16-6-2-4-8-19(16)30-21/h1-10,22H,11-13H2,(H,23,26). The van der Waals surface area contributed by atoms with Crippen molar-refractivity contribution >= 4 is 38.8 Å². The molecule has 2 aromatic carbocycles. The number of fused-ring (bicyclic) bond motifs is 1. The number of thiazole rings is 1. The van der Waals surface area contributed by atoms with Gasteiger partial charge in [0.15, 0.2) is 10.8 Å². The van der Waals surface area contributed by atoms with Gasteiger partial charge in [0.1, 0.15) is 11.4 Å². The van der Waals surface area contributed by atoms with Gasteiger partial charge in [-0.3, -0.25) is 14.9 Å². The molecule has 2 aromatic heterocycles. The monoisotopic (exact) mass is 422 g/mol. The Labute approximate surface area is 175 Å². The molecule has 9 heteroatoms. The van der Waals surface area contributed by atoms with Crippen LogP contribution in [0.4, 0.5) is 11.4 Å². The minimum atomic E-state index is -0.456. The van der Waals surface area contributed by atoms with E-state index in [0.29, 0.717) is 17.2 Å². The number of furan rings is 1. The zero-order valence-electron chi connectivity index (χ0n) is 15.8. The molecule has 4 aromatic rings. The number of para-hydroxylation sites is 3. The average molecular weight is 422 g/mol. The first-order valence-electron chi connectivity index (χ1n) is 9.29. The number of benzene rings is 2. The summed E-state index contributed by atoms with van der Waals surface area (Å²) in [4.78, 5) is 27.2. The molecule has 0 saturated carbocycles. The van der Waals surface area contributed by atoms with Crippen molar-refractivity contribution < 1.29 is 14.1 Å². The van der Waals surface area contributed by atoms with Crippen molar-refractivity contribution in [2.75, 3.05) is 11.9 Å². The summed E-state index contributed by atoms with van der Waals surface area (Å²) in [5, 5.41) is 17.5. The van der Waals surface area contributed by atoms with Gasteiger partial charge in [0.05, 0.1) is 21.7 Å². The van der Waals surface area contributed by atoms with E-state index in [9.17, 15) is 14.9 Å². The largest absolute Gasteiger partial charge is 0.457 e. The fourth-order valence-electron chi connectivity index (χ4n) is 2.93. The van der Waals surface area contributed by atoms with Gasteiger partial charge in [0.2, 0.25) is 5.91 Å². The van der Waals surface area contributed by atoms with Crippen LogP contribution in [0, 0.1) is 10.1 Å². The van der Waals surface area contributed by atoms with Crippen molar-refractivity contribution in [3.05, 3.63) is 76.5 Å². The van der Waals surface area contributed by atoms with Gasteiger partial charge < -0.3 is 15.1 Å². The maximum absolute atomic E-state index is 12.1. The molecule has 4 rings (SSSR count). The lowest BCUT2D eigenvalue weighted by molar-refractivity contribution is -0.384. The first-order valence-corrected chi connectivity index (χ1v) is 10.1. The highest BCUT2D eigenvalue weighted by Gasteiger charge is 2.13. The van der Waals surface area contributed by atoms with E-state index in [-0.39, 0.29) is 31.1 Å². The minimum Gasteiger partial charge on any atom is -0.457 e. The zero-order valence-corrected chi connectivity index (χ0v) is 16.6. The van der Waals surface area contributed by atoms with Crippen molar-refractivity contribution in [3.8, 4) is 10.8 Å². The average Bonchev–Trinajstić information content (AvgIpc) is 3.39. The van der Waals surface area contributed by atoms with Gasteiger partial charge in [0, 0.05) is 19.0 Å². The van der Waals surface area contributed by atoms with E-state index in [4.69, 9.17) is 4.42 Å². The maximum Gasteiger partial charge on any atom is 0.292 e. The van der Waals surface area contributed by atoms with E-state index in [1.807, 2.05) is 36.4 Å². The molecule has 1 amide bonds. The van der Waals surface area contributed by atoms with E-state index in [2.05, 4.69) is 15.6 Å². The van der Waals surface area contributed by atoms with E-state index >= 15 is 0 Å². The first kappa shape index (κ1) is 19.6. The SMILES string of the molecule is O=C(CCNc1ccccc1[N+](=O)[O-])NCc1ccc(-c2nc3ccccc3s2)o1. The Morgan fingerprint density at radius 3 is 2.73 bits per heavy atom. The number of hydrogen-bond donors (Lipinski definition) is 2. The molecule has 0 saturated heterocycles. The fourth-order valence-corrected chi connectivity index (χ4v) is 3.86. The molecule has 0 aliphatic carbocycles. The Kier molecular flexibility index (Phi) is 5.71. The third kappa shape index (κ3) is 4.47. The summed E-state index contributed by atoms with van der Waals surface area (Å²) >= 11 is 1.55. The topological polar surface area (TPSA) is 110 Å². The molecule has 8 nitrogen and oxygen atoms in total. The van der Waals surface area contributed by atoms with Gasteiger partial charge in [-0.2, -0.15) is 0 Å². The molecular formula is C21H18N4O4S. The van der Waals surface area contributed by atoms with Gasteiger partial charge in [-0.15, -0.1) is 11.3 Å². The summed E-state index contributed by atoms with van der Waals surface area (Å²) < 4.78 is 6.90. The number of amides is 1. The molecule has 0 aliphatic rings. The van der Waals surface area contributed by atoms with Crippen LogP contribution in [0.1, 0.15) is 12.2 Å². The summed E-state index contributed by atoms with van der Waals surface area (Å²) in [5.74, 6) is 1.11. The van der Waals surface area contributed by atoms with Crippen molar-refractivity contribution in [2.24, 2.45) is 0 Å². The normalized spacial score (nSPS) is 10.8. The molecule has 0 aliphatic heterocycles. The number of carbonyl (C=O) groups is 1. The summed E-state index contributed by atoms with van der Waals surface area (Å²) in [6, 6.07) is 17.9. The molecule has 0 radical (unpaired) electrons. The number of carbonyl (C=O) groups excluding carboxylic acids is 1. The second-order valence-corrected chi connectivity index (χ2v) is 7.51. The molecule has 2 N–H and O–H groups in total. The molecule has 0 atom stereocenters. The second kappa shape index (κ2) is 8.75. The van der Waals surface area contributed by atoms with Gasteiger partial charge in [-0.1, -0.05) is 24.3 Å². The highest BCUT2D eigenvalue weighted by atomic mass is 32.1. The number of anilines is 1.